The Kier molecular flexibility index (Phi) is 6.40. The summed E-state index contributed by atoms with van der Waals surface area (Å²) in [6.07, 6.45) is 4.50. The smallest absolute Gasteiger partial charge is 0.309 e. The van der Waals surface area contributed by atoms with E-state index in [-0.39, 0.29) is 23.7 Å². The van der Waals surface area contributed by atoms with Gasteiger partial charge in [-0.1, -0.05) is 18.2 Å². The van der Waals surface area contributed by atoms with Crippen molar-refractivity contribution in [2.45, 2.75) is 16.7 Å². The molecule has 3 aromatic rings. The number of nitrogens with zero attached hydrogens (tertiary/aromatic N) is 1. The van der Waals surface area contributed by atoms with Crippen LogP contribution < -0.4 is 10.6 Å². The number of benzene rings is 1. The van der Waals surface area contributed by atoms with Crippen LogP contribution in [-0.4, -0.2) is 31.8 Å². The fourth-order valence-electron chi connectivity index (χ4n) is 2.64. The number of pyridine rings is 1. The molecule has 2 amide bonds. The standard InChI is InChI=1S/C20H19N3O5S/c24-19(22-13-15-8-10-21-11-9-15)20(25)23-14-18(17-7-4-12-28-17)29(26,27)16-5-2-1-3-6-16/h1-12,18H,13-14H2,(H,22,24)(H,23,25). The summed E-state index contributed by atoms with van der Waals surface area (Å²) >= 11 is 0. The molecule has 2 N–H and O–H groups in total. The van der Waals surface area contributed by atoms with Gasteiger partial charge in [0, 0.05) is 25.5 Å². The van der Waals surface area contributed by atoms with Crippen molar-refractivity contribution in [2.75, 3.05) is 6.54 Å². The molecule has 0 saturated heterocycles. The quantitative estimate of drug-likeness (QED) is 0.568. The maximum Gasteiger partial charge on any atom is 0.309 e. The van der Waals surface area contributed by atoms with E-state index in [1.807, 2.05) is 0 Å². The number of carbonyl (C=O) groups excluding carboxylic acids is 2. The van der Waals surface area contributed by atoms with E-state index in [9.17, 15) is 18.0 Å². The minimum Gasteiger partial charge on any atom is -0.468 e. The van der Waals surface area contributed by atoms with Crippen LogP contribution in [0.15, 0.2) is 82.6 Å². The first-order valence-electron chi connectivity index (χ1n) is 8.76. The molecule has 3 rings (SSSR count). The Morgan fingerprint density at radius 2 is 1.62 bits per heavy atom. The summed E-state index contributed by atoms with van der Waals surface area (Å²) in [6, 6.07) is 14.3. The molecule has 0 fully saturated rings. The lowest BCUT2D eigenvalue weighted by Gasteiger charge is -2.16. The van der Waals surface area contributed by atoms with Gasteiger partial charge in [-0.25, -0.2) is 8.42 Å². The summed E-state index contributed by atoms with van der Waals surface area (Å²) in [5.41, 5.74) is 0.779. The number of furan rings is 1. The van der Waals surface area contributed by atoms with Crippen molar-refractivity contribution in [2.24, 2.45) is 0 Å². The van der Waals surface area contributed by atoms with Crippen molar-refractivity contribution in [3.63, 3.8) is 0 Å². The number of sulfone groups is 1. The van der Waals surface area contributed by atoms with E-state index in [4.69, 9.17) is 4.42 Å². The van der Waals surface area contributed by atoms with Gasteiger partial charge < -0.3 is 15.1 Å². The number of rotatable bonds is 7. The Bertz CT molecular complexity index is 1050. The molecule has 0 radical (unpaired) electrons. The summed E-state index contributed by atoms with van der Waals surface area (Å²) in [7, 11) is -3.85. The molecule has 0 spiro atoms. The van der Waals surface area contributed by atoms with Crippen LogP contribution in [0.25, 0.3) is 0 Å². The summed E-state index contributed by atoms with van der Waals surface area (Å²) in [5, 5.41) is 3.69. The summed E-state index contributed by atoms with van der Waals surface area (Å²) < 4.78 is 31.3. The Morgan fingerprint density at radius 3 is 2.28 bits per heavy atom. The number of nitrogens with one attached hydrogen (secondary N) is 2. The first-order chi connectivity index (χ1) is 14.0. The van der Waals surface area contributed by atoms with E-state index in [2.05, 4.69) is 15.6 Å². The molecule has 1 unspecified atom stereocenters. The van der Waals surface area contributed by atoms with Gasteiger partial charge in [-0.15, -0.1) is 0 Å². The molecule has 0 aliphatic carbocycles. The number of hydrogen-bond donors (Lipinski definition) is 2. The lowest BCUT2D eigenvalue weighted by Crippen LogP contribution is -2.42. The van der Waals surface area contributed by atoms with Gasteiger partial charge in [0.1, 0.15) is 11.0 Å². The van der Waals surface area contributed by atoms with Crippen LogP contribution in [0, 0.1) is 0 Å². The van der Waals surface area contributed by atoms with Crippen LogP contribution in [-0.2, 0) is 26.0 Å². The highest BCUT2D eigenvalue weighted by Gasteiger charge is 2.32. The Hall–Kier alpha value is -3.46. The number of carbonyl (C=O) groups is 2. The van der Waals surface area contributed by atoms with Gasteiger partial charge in [-0.3, -0.25) is 14.6 Å². The first-order valence-corrected chi connectivity index (χ1v) is 10.3. The molecule has 150 valence electrons. The monoisotopic (exact) mass is 413 g/mol. The van der Waals surface area contributed by atoms with E-state index in [1.165, 1.54) is 24.5 Å². The summed E-state index contributed by atoms with van der Waals surface area (Å²) in [6.45, 7) is -0.162. The summed E-state index contributed by atoms with van der Waals surface area (Å²) in [5.74, 6) is -1.62. The topological polar surface area (TPSA) is 118 Å². The fourth-order valence-corrected chi connectivity index (χ4v) is 4.25. The molecular weight excluding hydrogens is 394 g/mol. The molecule has 1 aromatic carbocycles. The van der Waals surface area contributed by atoms with Crippen molar-refractivity contribution >= 4 is 21.7 Å². The third-order valence-corrected chi connectivity index (χ3v) is 6.24. The summed E-state index contributed by atoms with van der Waals surface area (Å²) in [4.78, 5) is 28.1. The van der Waals surface area contributed by atoms with E-state index in [0.717, 1.165) is 5.56 Å². The van der Waals surface area contributed by atoms with E-state index in [1.54, 1.807) is 48.8 Å². The van der Waals surface area contributed by atoms with Crippen LogP contribution in [0.3, 0.4) is 0 Å². The predicted octanol–water partition coefficient (Wildman–Crippen LogP) is 1.62. The van der Waals surface area contributed by atoms with Crippen molar-refractivity contribution in [1.29, 1.82) is 0 Å². The van der Waals surface area contributed by atoms with Crippen molar-refractivity contribution in [3.05, 3.63) is 84.6 Å². The van der Waals surface area contributed by atoms with Crippen molar-refractivity contribution in [1.82, 2.24) is 15.6 Å². The molecule has 2 aromatic heterocycles. The molecule has 1 atom stereocenters. The maximum atomic E-state index is 13.0. The SMILES string of the molecule is O=C(NCc1ccncc1)C(=O)NCC(c1ccco1)S(=O)(=O)c1ccccc1. The average Bonchev–Trinajstić information content (AvgIpc) is 3.27. The molecule has 0 bridgehead atoms. The second kappa shape index (κ2) is 9.16. The highest BCUT2D eigenvalue weighted by molar-refractivity contribution is 7.91. The molecule has 0 aliphatic heterocycles. The van der Waals surface area contributed by atoms with Crippen LogP contribution in [0.5, 0.6) is 0 Å². The molecule has 0 aliphatic rings. The number of amides is 2. The second-order valence-corrected chi connectivity index (χ2v) is 8.24. The van der Waals surface area contributed by atoms with Gasteiger partial charge in [0.05, 0.1) is 11.2 Å². The molecule has 2 heterocycles. The van der Waals surface area contributed by atoms with Crippen LogP contribution in [0.2, 0.25) is 0 Å². The fraction of sp³-hybridized carbons (Fsp3) is 0.150. The highest BCUT2D eigenvalue weighted by Crippen LogP contribution is 2.28. The third-order valence-electron chi connectivity index (χ3n) is 4.16. The average molecular weight is 413 g/mol. The van der Waals surface area contributed by atoms with Crippen LogP contribution in [0.1, 0.15) is 16.6 Å². The Balaban J connectivity index is 1.67. The lowest BCUT2D eigenvalue weighted by molar-refractivity contribution is -0.139. The molecular formula is C20H19N3O5S. The van der Waals surface area contributed by atoms with Gasteiger partial charge in [0.15, 0.2) is 9.84 Å². The zero-order chi connectivity index (χ0) is 20.7. The van der Waals surface area contributed by atoms with E-state index >= 15 is 0 Å². The van der Waals surface area contributed by atoms with Crippen molar-refractivity contribution < 1.29 is 22.4 Å². The van der Waals surface area contributed by atoms with Gasteiger partial charge in [-0.2, -0.15) is 0 Å². The highest BCUT2D eigenvalue weighted by atomic mass is 32.2. The molecule has 9 heteroatoms. The largest absolute Gasteiger partial charge is 0.468 e. The van der Waals surface area contributed by atoms with Crippen molar-refractivity contribution in [3.8, 4) is 0 Å². The number of aromatic nitrogens is 1. The maximum absolute atomic E-state index is 13.0. The number of hydrogen-bond acceptors (Lipinski definition) is 6. The van der Waals surface area contributed by atoms with Gasteiger partial charge in [-0.05, 0) is 42.0 Å². The van der Waals surface area contributed by atoms with Gasteiger partial charge in [0.2, 0.25) is 0 Å². The second-order valence-electron chi connectivity index (χ2n) is 6.11. The van der Waals surface area contributed by atoms with E-state index in [0.29, 0.717) is 0 Å². The van der Waals surface area contributed by atoms with Crippen LogP contribution in [0.4, 0.5) is 0 Å². The van der Waals surface area contributed by atoms with Gasteiger partial charge in [0.25, 0.3) is 0 Å². The third kappa shape index (κ3) is 5.08. The van der Waals surface area contributed by atoms with E-state index < -0.39 is 26.9 Å². The molecule has 0 saturated carbocycles. The Morgan fingerprint density at radius 1 is 0.931 bits per heavy atom. The minimum atomic E-state index is -3.85. The molecule has 29 heavy (non-hydrogen) atoms. The zero-order valence-corrected chi connectivity index (χ0v) is 16.1. The first kappa shape index (κ1) is 20.3. The minimum absolute atomic E-state index is 0.0952. The Labute approximate surface area is 167 Å². The molecule has 8 nitrogen and oxygen atoms in total. The lowest BCUT2D eigenvalue weighted by atomic mass is 10.2. The van der Waals surface area contributed by atoms with Gasteiger partial charge >= 0.3 is 11.8 Å². The zero-order valence-electron chi connectivity index (χ0n) is 15.3. The van der Waals surface area contributed by atoms with Crippen LogP contribution >= 0.6 is 0 Å². The predicted molar refractivity (Wildman–Crippen MR) is 104 cm³/mol. The normalized spacial score (nSPS) is 12.1.